The molecule has 1 atom stereocenters. The number of rotatable bonds is 5. The smallest absolute Gasteiger partial charge is 0.303 e. The van der Waals surface area contributed by atoms with E-state index in [4.69, 9.17) is 5.11 Å². The predicted molar refractivity (Wildman–Crippen MR) is 51.7 cm³/mol. The van der Waals surface area contributed by atoms with Gasteiger partial charge in [-0.15, -0.1) is 0 Å². The molecule has 1 heterocycles. The molecule has 0 amide bonds. The molecule has 1 aliphatic heterocycles. The van der Waals surface area contributed by atoms with Gasteiger partial charge < -0.3 is 10.0 Å². The average Bonchev–Trinajstić information content (AvgIpc) is 2.52. The molecule has 0 aromatic carbocycles. The molecule has 3 nitrogen and oxygen atoms in total. The molecule has 0 spiro atoms. The Balaban J connectivity index is 2.07. The second kappa shape index (κ2) is 5.22. The lowest BCUT2D eigenvalue weighted by Crippen LogP contribution is -2.22. The van der Waals surface area contributed by atoms with Gasteiger partial charge in [0.15, 0.2) is 0 Å². The van der Waals surface area contributed by atoms with Crippen molar-refractivity contribution in [2.75, 3.05) is 19.6 Å². The SMILES string of the molecule is CCC1CCN(CCCC(=O)O)C1. The first-order valence-electron chi connectivity index (χ1n) is 5.16. The summed E-state index contributed by atoms with van der Waals surface area (Å²) < 4.78 is 0. The monoisotopic (exact) mass is 185 g/mol. The zero-order chi connectivity index (χ0) is 9.68. The third-order valence-electron chi connectivity index (χ3n) is 2.81. The van der Waals surface area contributed by atoms with Gasteiger partial charge in [-0.2, -0.15) is 0 Å². The van der Waals surface area contributed by atoms with Gasteiger partial charge in [0.05, 0.1) is 0 Å². The highest BCUT2D eigenvalue weighted by atomic mass is 16.4. The lowest BCUT2D eigenvalue weighted by Gasteiger charge is -2.14. The van der Waals surface area contributed by atoms with E-state index >= 15 is 0 Å². The average molecular weight is 185 g/mol. The maximum Gasteiger partial charge on any atom is 0.303 e. The molecule has 3 heteroatoms. The van der Waals surface area contributed by atoms with Crippen LogP contribution >= 0.6 is 0 Å². The van der Waals surface area contributed by atoms with Crippen molar-refractivity contribution in [3.8, 4) is 0 Å². The molecule has 1 fully saturated rings. The van der Waals surface area contributed by atoms with Crippen molar-refractivity contribution < 1.29 is 9.90 Å². The molecule has 0 bridgehead atoms. The van der Waals surface area contributed by atoms with Crippen LogP contribution in [0.5, 0.6) is 0 Å². The van der Waals surface area contributed by atoms with E-state index in [1.54, 1.807) is 0 Å². The van der Waals surface area contributed by atoms with Crippen LogP contribution in [-0.4, -0.2) is 35.6 Å². The summed E-state index contributed by atoms with van der Waals surface area (Å²) in [6.45, 7) is 5.53. The van der Waals surface area contributed by atoms with Gasteiger partial charge in [-0.1, -0.05) is 13.3 Å². The van der Waals surface area contributed by atoms with Crippen LogP contribution < -0.4 is 0 Å². The summed E-state index contributed by atoms with van der Waals surface area (Å²) in [5.41, 5.74) is 0. The molecule has 0 aromatic heterocycles. The Hall–Kier alpha value is -0.570. The van der Waals surface area contributed by atoms with Crippen LogP contribution in [0, 0.1) is 5.92 Å². The number of carboxylic acid groups (broad SMARTS) is 1. The zero-order valence-corrected chi connectivity index (χ0v) is 8.33. The number of hydrogen-bond acceptors (Lipinski definition) is 2. The van der Waals surface area contributed by atoms with Crippen molar-refractivity contribution in [3.05, 3.63) is 0 Å². The fourth-order valence-electron chi connectivity index (χ4n) is 1.90. The molecule has 1 saturated heterocycles. The maximum atomic E-state index is 10.3. The Morgan fingerprint density at radius 2 is 2.38 bits per heavy atom. The lowest BCUT2D eigenvalue weighted by atomic mass is 10.1. The highest BCUT2D eigenvalue weighted by Crippen LogP contribution is 2.18. The van der Waals surface area contributed by atoms with Crippen molar-refractivity contribution in [2.24, 2.45) is 5.92 Å². The third-order valence-corrected chi connectivity index (χ3v) is 2.81. The number of aliphatic carboxylic acids is 1. The first-order chi connectivity index (χ1) is 6.22. The number of carbonyl (C=O) groups is 1. The maximum absolute atomic E-state index is 10.3. The summed E-state index contributed by atoms with van der Waals surface area (Å²) in [6.07, 6.45) is 3.66. The summed E-state index contributed by atoms with van der Waals surface area (Å²) in [5.74, 6) is 0.177. The van der Waals surface area contributed by atoms with Crippen molar-refractivity contribution in [1.82, 2.24) is 4.90 Å². The first-order valence-corrected chi connectivity index (χ1v) is 5.16. The Morgan fingerprint density at radius 3 is 2.92 bits per heavy atom. The van der Waals surface area contributed by atoms with Crippen LogP contribution in [0.4, 0.5) is 0 Å². The molecule has 0 aromatic rings. The summed E-state index contributed by atoms with van der Waals surface area (Å²) in [5, 5.41) is 8.47. The number of hydrogen-bond donors (Lipinski definition) is 1. The summed E-state index contributed by atoms with van der Waals surface area (Å²) in [7, 11) is 0. The quantitative estimate of drug-likeness (QED) is 0.707. The molecule has 1 N–H and O–H groups in total. The van der Waals surface area contributed by atoms with Crippen molar-refractivity contribution in [3.63, 3.8) is 0 Å². The highest BCUT2D eigenvalue weighted by molar-refractivity contribution is 5.66. The number of likely N-dealkylation sites (tertiary alicyclic amines) is 1. The van der Waals surface area contributed by atoms with E-state index in [1.165, 1.54) is 19.4 Å². The molecule has 1 unspecified atom stereocenters. The highest BCUT2D eigenvalue weighted by Gasteiger charge is 2.20. The minimum absolute atomic E-state index is 0.313. The Bertz CT molecular complexity index is 170. The van der Waals surface area contributed by atoms with E-state index in [1.807, 2.05) is 0 Å². The normalized spacial score (nSPS) is 23.6. The molecular weight excluding hydrogens is 166 g/mol. The third kappa shape index (κ3) is 3.77. The van der Waals surface area contributed by atoms with Crippen LogP contribution in [0.25, 0.3) is 0 Å². The molecule has 0 radical (unpaired) electrons. The molecule has 1 aliphatic rings. The Morgan fingerprint density at radius 1 is 1.62 bits per heavy atom. The summed E-state index contributed by atoms with van der Waals surface area (Å²) in [6, 6.07) is 0. The van der Waals surface area contributed by atoms with Crippen LogP contribution in [-0.2, 0) is 4.79 Å². The van der Waals surface area contributed by atoms with Gasteiger partial charge >= 0.3 is 5.97 Å². The van der Waals surface area contributed by atoms with E-state index in [0.717, 1.165) is 25.4 Å². The first kappa shape index (κ1) is 10.5. The van der Waals surface area contributed by atoms with Gasteiger partial charge in [0.2, 0.25) is 0 Å². The zero-order valence-electron chi connectivity index (χ0n) is 8.33. The summed E-state index contributed by atoms with van der Waals surface area (Å²) in [4.78, 5) is 12.7. The van der Waals surface area contributed by atoms with Gasteiger partial charge in [0.25, 0.3) is 0 Å². The van der Waals surface area contributed by atoms with Gasteiger partial charge in [0, 0.05) is 13.0 Å². The minimum atomic E-state index is -0.675. The van der Waals surface area contributed by atoms with E-state index in [2.05, 4.69) is 11.8 Å². The minimum Gasteiger partial charge on any atom is -0.481 e. The number of carboxylic acids is 1. The van der Waals surface area contributed by atoms with Gasteiger partial charge in [-0.3, -0.25) is 4.79 Å². The number of nitrogens with zero attached hydrogens (tertiary/aromatic N) is 1. The van der Waals surface area contributed by atoms with Crippen molar-refractivity contribution >= 4 is 5.97 Å². The van der Waals surface area contributed by atoms with E-state index in [-0.39, 0.29) is 0 Å². The fraction of sp³-hybridized carbons (Fsp3) is 0.900. The van der Waals surface area contributed by atoms with E-state index in [0.29, 0.717) is 6.42 Å². The predicted octanol–water partition coefficient (Wildman–Crippen LogP) is 1.58. The Kier molecular flexibility index (Phi) is 4.22. The molecule has 0 saturated carbocycles. The topological polar surface area (TPSA) is 40.5 Å². The van der Waals surface area contributed by atoms with E-state index < -0.39 is 5.97 Å². The summed E-state index contributed by atoms with van der Waals surface area (Å²) >= 11 is 0. The second-order valence-corrected chi connectivity index (χ2v) is 3.86. The van der Waals surface area contributed by atoms with Crippen molar-refractivity contribution in [2.45, 2.75) is 32.6 Å². The van der Waals surface area contributed by atoms with Gasteiger partial charge in [-0.25, -0.2) is 0 Å². The molecule has 76 valence electrons. The largest absolute Gasteiger partial charge is 0.481 e. The van der Waals surface area contributed by atoms with E-state index in [9.17, 15) is 4.79 Å². The Labute approximate surface area is 79.7 Å². The van der Waals surface area contributed by atoms with Crippen LogP contribution in [0.2, 0.25) is 0 Å². The van der Waals surface area contributed by atoms with Crippen molar-refractivity contribution in [1.29, 1.82) is 0 Å². The fourth-order valence-corrected chi connectivity index (χ4v) is 1.90. The standard InChI is InChI=1S/C10H19NO2/c1-2-9-5-7-11(8-9)6-3-4-10(12)13/h9H,2-8H2,1H3,(H,12,13). The molecule has 0 aliphatic carbocycles. The van der Waals surface area contributed by atoms with Crippen LogP contribution in [0.3, 0.4) is 0 Å². The molecular formula is C10H19NO2. The van der Waals surface area contributed by atoms with Gasteiger partial charge in [0.1, 0.15) is 0 Å². The van der Waals surface area contributed by atoms with Crippen LogP contribution in [0.15, 0.2) is 0 Å². The second-order valence-electron chi connectivity index (χ2n) is 3.86. The molecule has 13 heavy (non-hydrogen) atoms. The van der Waals surface area contributed by atoms with Crippen LogP contribution in [0.1, 0.15) is 32.6 Å². The van der Waals surface area contributed by atoms with Gasteiger partial charge in [-0.05, 0) is 31.8 Å². The molecule has 1 rings (SSSR count). The lowest BCUT2D eigenvalue weighted by molar-refractivity contribution is -0.137.